The van der Waals surface area contributed by atoms with Gasteiger partial charge in [-0.2, -0.15) is 0 Å². The first-order chi connectivity index (χ1) is 6.04. The fourth-order valence-corrected chi connectivity index (χ4v) is 1.23. The Labute approximate surface area is 88.3 Å². The van der Waals surface area contributed by atoms with Gasteiger partial charge in [-0.05, 0) is 13.3 Å². The van der Waals surface area contributed by atoms with E-state index in [4.69, 9.17) is 9.84 Å². The zero-order valence-corrected chi connectivity index (χ0v) is 9.85. The van der Waals surface area contributed by atoms with Crippen LogP contribution in [0.25, 0.3) is 0 Å². The second-order valence-electron chi connectivity index (χ2n) is 3.34. The van der Waals surface area contributed by atoms with E-state index >= 15 is 0 Å². The van der Waals surface area contributed by atoms with Gasteiger partial charge < -0.3 is 15.2 Å². The Morgan fingerprint density at radius 1 is 1.69 bits per heavy atom. The first kappa shape index (κ1) is 13.1. The summed E-state index contributed by atoms with van der Waals surface area (Å²) in [6, 6.07) is 0. The van der Waals surface area contributed by atoms with Crippen LogP contribution in [-0.4, -0.2) is 37.5 Å². The van der Waals surface area contributed by atoms with E-state index in [1.165, 1.54) is 0 Å². The van der Waals surface area contributed by atoms with Gasteiger partial charge in [-0.25, -0.2) is 0 Å². The molecule has 0 amide bonds. The molecule has 3 nitrogen and oxygen atoms in total. The number of ether oxygens (including phenoxy) is 1. The van der Waals surface area contributed by atoms with Gasteiger partial charge in [0.05, 0.1) is 6.61 Å². The van der Waals surface area contributed by atoms with Gasteiger partial charge in [-0.3, -0.25) is 0 Å². The van der Waals surface area contributed by atoms with E-state index in [1.807, 2.05) is 6.92 Å². The van der Waals surface area contributed by atoms with Crippen LogP contribution in [-0.2, 0) is 4.74 Å². The highest BCUT2D eigenvalue weighted by Crippen LogP contribution is 2.11. The van der Waals surface area contributed by atoms with Crippen molar-refractivity contribution in [3.63, 3.8) is 0 Å². The number of aliphatic hydroxyl groups is 1. The number of nitrogens with one attached hydrogen (secondary N) is 1. The number of methoxy groups -OCH3 is 1. The first-order valence-electron chi connectivity index (χ1n) is 4.22. The average molecular weight is 252 g/mol. The van der Waals surface area contributed by atoms with Crippen molar-refractivity contribution in [2.24, 2.45) is 0 Å². The van der Waals surface area contributed by atoms with E-state index in [1.54, 1.807) is 7.11 Å². The third-order valence-electron chi connectivity index (χ3n) is 1.83. The highest BCUT2D eigenvalue weighted by Gasteiger charge is 2.22. The largest absolute Gasteiger partial charge is 0.396 e. The lowest BCUT2D eigenvalue weighted by atomic mass is 9.99. The summed E-state index contributed by atoms with van der Waals surface area (Å²) in [7, 11) is 1.65. The van der Waals surface area contributed by atoms with Gasteiger partial charge in [-0.1, -0.05) is 22.5 Å². The summed E-state index contributed by atoms with van der Waals surface area (Å²) < 4.78 is 5.97. The van der Waals surface area contributed by atoms with Gasteiger partial charge in [0.1, 0.15) is 0 Å². The molecule has 1 unspecified atom stereocenters. The van der Waals surface area contributed by atoms with Crippen molar-refractivity contribution in [2.75, 3.05) is 26.9 Å². The molecule has 0 aromatic heterocycles. The number of hydrogen-bond donors (Lipinski definition) is 2. The third kappa shape index (κ3) is 6.21. The Balaban J connectivity index is 3.98. The predicted molar refractivity (Wildman–Crippen MR) is 58.1 cm³/mol. The highest BCUT2D eigenvalue weighted by molar-refractivity contribution is 9.11. The molecule has 0 aliphatic heterocycles. The van der Waals surface area contributed by atoms with Crippen LogP contribution in [0.3, 0.4) is 0 Å². The molecule has 0 spiro atoms. The zero-order valence-electron chi connectivity index (χ0n) is 8.27. The molecule has 78 valence electrons. The molecule has 0 aliphatic carbocycles. The molecular formula is C9H18BrNO2. The molecule has 0 saturated heterocycles. The molecule has 0 saturated carbocycles. The molecule has 0 bridgehead atoms. The number of hydrogen-bond acceptors (Lipinski definition) is 3. The van der Waals surface area contributed by atoms with Crippen LogP contribution in [0.4, 0.5) is 0 Å². The van der Waals surface area contributed by atoms with E-state index in [-0.39, 0.29) is 12.1 Å². The van der Waals surface area contributed by atoms with Gasteiger partial charge in [0.25, 0.3) is 0 Å². The Morgan fingerprint density at radius 2 is 2.31 bits per heavy atom. The molecule has 1 atom stereocenters. The van der Waals surface area contributed by atoms with Gasteiger partial charge in [0.15, 0.2) is 0 Å². The minimum atomic E-state index is -0.180. The normalized spacial score (nSPS) is 15.4. The van der Waals surface area contributed by atoms with E-state index in [0.29, 0.717) is 19.6 Å². The molecule has 0 radical (unpaired) electrons. The van der Waals surface area contributed by atoms with Crippen molar-refractivity contribution in [2.45, 2.75) is 18.9 Å². The van der Waals surface area contributed by atoms with E-state index in [0.717, 1.165) is 4.48 Å². The molecule has 0 fully saturated rings. The van der Waals surface area contributed by atoms with E-state index < -0.39 is 0 Å². The minimum Gasteiger partial charge on any atom is -0.396 e. The van der Waals surface area contributed by atoms with Crippen molar-refractivity contribution < 1.29 is 9.84 Å². The molecule has 0 aliphatic rings. The average Bonchev–Trinajstić information content (AvgIpc) is 2.02. The van der Waals surface area contributed by atoms with Crippen LogP contribution in [0.15, 0.2) is 11.1 Å². The quantitative estimate of drug-likeness (QED) is 0.717. The van der Waals surface area contributed by atoms with Crippen molar-refractivity contribution in [1.29, 1.82) is 0 Å². The topological polar surface area (TPSA) is 41.5 Å². The third-order valence-corrected chi connectivity index (χ3v) is 2.11. The molecule has 2 N–H and O–H groups in total. The Hall–Kier alpha value is 0.1000. The van der Waals surface area contributed by atoms with Crippen LogP contribution in [0, 0.1) is 0 Å². The number of rotatable bonds is 7. The van der Waals surface area contributed by atoms with Crippen LogP contribution in [0.5, 0.6) is 0 Å². The summed E-state index contributed by atoms with van der Waals surface area (Å²) in [5, 5.41) is 12.1. The van der Waals surface area contributed by atoms with Crippen LogP contribution >= 0.6 is 15.9 Å². The second-order valence-corrected chi connectivity index (χ2v) is 4.46. The predicted octanol–water partition coefficient (Wildman–Crippen LogP) is 1.27. The molecule has 4 heteroatoms. The summed E-state index contributed by atoms with van der Waals surface area (Å²) >= 11 is 3.27. The summed E-state index contributed by atoms with van der Waals surface area (Å²) in [5.74, 6) is 0. The maximum atomic E-state index is 8.86. The molecule has 0 aromatic rings. The Bertz CT molecular complexity index is 156. The standard InChI is InChI=1S/C9H18BrNO2/c1-8(10)6-11-9(2,4-5-12)7-13-3/h11-12H,1,4-7H2,2-3H3. The van der Waals surface area contributed by atoms with Gasteiger partial charge in [0.2, 0.25) is 0 Å². The lowest BCUT2D eigenvalue weighted by Gasteiger charge is -2.29. The van der Waals surface area contributed by atoms with E-state index in [2.05, 4.69) is 27.8 Å². The minimum absolute atomic E-state index is 0.154. The Morgan fingerprint density at radius 3 is 2.69 bits per heavy atom. The number of aliphatic hydroxyl groups excluding tert-OH is 1. The lowest BCUT2D eigenvalue weighted by molar-refractivity contribution is 0.100. The fourth-order valence-electron chi connectivity index (χ4n) is 1.09. The summed E-state index contributed by atoms with van der Waals surface area (Å²) in [5.41, 5.74) is -0.180. The van der Waals surface area contributed by atoms with Gasteiger partial charge in [0, 0.05) is 30.3 Å². The second kappa shape index (κ2) is 6.54. The summed E-state index contributed by atoms with van der Waals surface area (Å²) in [4.78, 5) is 0. The SMILES string of the molecule is C=C(Br)CNC(C)(CCO)COC. The van der Waals surface area contributed by atoms with Gasteiger partial charge >= 0.3 is 0 Å². The van der Waals surface area contributed by atoms with Crippen LogP contribution < -0.4 is 5.32 Å². The zero-order chi connectivity index (χ0) is 10.3. The molecule has 0 heterocycles. The smallest absolute Gasteiger partial charge is 0.0642 e. The number of halogens is 1. The Kier molecular flexibility index (Phi) is 6.59. The van der Waals surface area contributed by atoms with Crippen molar-refractivity contribution in [3.8, 4) is 0 Å². The summed E-state index contributed by atoms with van der Waals surface area (Å²) in [6.07, 6.45) is 0.668. The first-order valence-corrected chi connectivity index (χ1v) is 5.01. The van der Waals surface area contributed by atoms with Crippen molar-refractivity contribution >= 4 is 15.9 Å². The highest BCUT2D eigenvalue weighted by atomic mass is 79.9. The van der Waals surface area contributed by atoms with Crippen molar-refractivity contribution in [1.82, 2.24) is 5.32 Å². The van der Waals surface area contributed by atoms with Gasteiger partial charge in [-0.15, -0.1) is 0 Å². The molecular weight excluding hydrogens is 234 g/mol. The fraction of sp³-hybridized carbons (Fsp3) is 0.778. The van der Waals surface area contributed by atoms with Crippen LogP contribution in [0.1, 0.15) is 13.3 Å². The van der Waals surface area contributed by atoms with E-state index in [9.17, 15) is 0 Å². The summed E-state index contributed by atoms with van der Waals surface area (Å²) in [6.45, 7) is 7.16. The maximum absolute atomic E-state index is 8.86. The lowest BCUT2D eigenvalue weighted by Crippen LogP contribution is -2.47. The molecule has 0 rings (SSSR count). The van der Waals surface area contributed by atoms with Crippen LogP contribution in [0.2, 0.25) is 0 Å². The molecule has 0 aromatic carbocycles. The van der Waals surface area contributed by atoms with Crippen molar-refractivity contribution in [3.05, 3.63) is 11.1 Å². The maximum Gasteiger partial charge on any atom is 0.0642 e. The molecule has 13 heavy (non-hydrogen) atoms. The monoisotopic (exact) mass is 251 g/mol.